The number of benzene rings is 2. The van der Waals surface area contributed by atoms with Crippen LogP contribution < -0.4 is 18.9 Å². The number of rotatable bonds is 2. The lowest BCUT2D eigenvalue weighted by molar-refractivity contribution is 0.284. The van der Waals surface area contributed by atoms with Gasteiger partial charge in [-0.15, -0.1) is 0 Å². The highest BCUT2D eigenvalue weighted by Gasteiger charge is 2.18. The minimum Gasteiger partial charge on any atom is -0.496 e. The van der Waals surface area contributed by atoms with Gasteiger partial charge in [0.05, 0.1) is 27.4 Å². The average molecular weight is 356 g/mol. The molecule has 0 unspecified atom stereocenters. The van der Waals surface area contributed by atoms with Gasteiger partial charge >= 0.3 is 0 Å². The quantitative estimate of drug-likeness (QED) is 0.730. The summed E-state index contributed by atoms with van der Waals surface area (Å²) in [5.41, 5.74) is 4.06. The van der Waals surface area contributed by atoms with Crippen molar-refractivity contribution in [2.45, 2.75) is 39.5 Å². The van der Waals surface area contributed by atoms with Gasteiger partial charge < -0.3 is 18.9 Å². The first-order chi connectivity index (χ1) is 12.6. The minimum absolute atomic E-state index is 0.720. The average Bonchev–Trinajstić information content (AvgIpc) is 2.63. The van der Waals surface area contributed by atoms with Crippen LogP contribution in [0.3, 0.4) is 0 Å². The molecule has 2 aromatic rings. The van der Waals surface area contributed by atoms with Gasteiger partial charge in [-0.2, -0.15) is 0 Å². The minimum atomic E-state index is 0.720. The lowest BCUT2D eigenvalue weighted by Gasteiger charge is -2.20. The van der Waals surface area contributed by atoms with Gasteiger partial charge in [0.25, 0.3) is 0 Å². The van der Waals surface area contributed by atoms with Gasteiger partial charge in [0.1, 0.15) is 23.0 Å². The molecule has 0 bridgehead atoms. The van der Waals surface area contributed by atoms with Crippen LogP contribution in [0.2, 0.25) is 0 Å². The van der Waals surface area contributed by atoms with E-state index in [0.29, 0.717) is 0 Å². The molecule has 0 atom stereocenters. The second-order valence-corrected chi connectivity index (χ2v) is 6.75. The van der Waals surface area contributed by atoms with Crippen molar-refractivity contribution in [2.24, 2.45) is 0 Å². The predicted molar refractivity (Wildman–Crippen MR) is 104 cm³/mol. The summed E-state index contributed by atoms with van der Waals surface area (Å²) >= 11 is 0. The smallest absolute Gasteiger partial charge is 0.127 e. The molecule has 2 aromatic carbocycles. The third kappa shape index (κ3) is 3.90. The van der Waals surface area contributed by atoms with E-state index in [0.717, 1.165) is 84.1 Å². The maximum Gasteiger partial charge on any atom is 0.127 e. The van der Waals surface area contributed by atoms with Crippen molar-refractivity contribution in [3.63, 3.8) is 0 Å². The Balaban J connectivity index is 2.19. The summed E-state index contributed by atoms with van der Waals surface area (Å²) in [4.78, 5) is 0. The zero-order valence-electron chi connectivity index (χ0n) is 16.2. The highest BCUT2D eigenvalue weighted by Crippen LogP contribution is 2.43. The Hall–Kier alpha value is -2.36. The first-order valence-electron chi connectivity index (χ1n) is 9.27. The van der Waals surface area contributed by atoms with E-state index in [2.05, 4.69) is 12.1 Å². The Morgan fingerprint density at radius 1 is 0.654 bits per heavy atom. The van der Waals surface area contributed by atoms with Crippen molar-refractivity contribution in [1.82, 2.24) is 0 Å². The molecule has 3 rings (SSSR count). The molecule has 1 heterocycles. The Labute approximate surface area is 156 Å². The third-order valence-corrected chi connectivity index (χ3v) is 4.84. The standard InChI is InChI=1S/C22H28O4/c1-15-11-21-17(13-19(15)23-3)18-14-20(24-4)16(2)12-22(18)26-10-8-6-5-7-9-25-21/h11-14H,5-10H2,1-4H3. The monoisotopic (exact) mass is 356 g/mol. The van der Waals surface area contributed by atoms with Gasteiger partial charge in [0.15, 0.2) is 0 Å². The maximum atomic E-state index is 6.15. The second-order valence-electron chi connectivity index (χ2n) is 6.75. The van der Waals surface area contributed by atoms with E-state index in [-0.39, 0.29) is 0 Å². The van der Waals surface area contributed by atoms with Crippen LogP contribution in [0.5, 0.6) is 23.0 Å². The summed E-state index contributed by atoms with van der Waals surface area (Å²) < 4.78 is 23.4. The van der Waals surface area contributed by atoms with E-state index < -0.39 is 0 Å². The molecule has 1 aliphatic rings. The number of hydrogen-bond donors (Lipinski definition) is 0. The van der Waals surface area contributed by atoms with Crippen LogP contribution in [0.4, 0.5) is 0 Å². The molecular formula is C22H28O4. The molecule has 0 aliphatic carbocycles. The molecule has 1 aliphatic heterocycles. The molecule has 0 saturated heterocycles. The highest BCUT2D eigenvalue weighted by atomic mass is 16.5. The van der Waals surface area contributed by atoms with E-state index in [4.69, 9.17) is 18.9 Å². The summed E-state index contributed by atoms with van der Waals surface area (Å²) in [6.45, 7) is 5.51. The van der Waals surface area contributed by atoms with Crippen LogP contribution in [0.15, 0.2) is 24.3 Å². The summed E-state index contributed by atoms with van der Waals surface area (Å²) in [6, 6.07) is 8.17. The Morgan fingerprint density at radius 3 is 1.46 bits per heavy atom. The molecule has 0 N–H and O–H groups in total. The molecule has 26 heavy (non-hydrogen) atoms. The zero-order valence-corrected chi connectivity index (χ0v) is 16.2. The SMILES string of the molecule is COc1cc2c(cc1C)OCCCCCCOc1cc(C)c(OC)cc1-2. The molecule has 0 spiro atoms. The van der Waals surface area contributed by atoms with Gasteiger partial charge in [-0.25, -0.2) is 0 Å². The molecule has 4 nitrogen and oxygen atoms in total. The first kappa shape index (κ1) is 18.4. The fraction of sp³-hybridized carbons (Fsp3) is 0.455. The second kappa shape index (κ2) is 8.35. The van der Waals surface area contributed by atoms with Gasteiger partial charge in [0.2, 0.25) is 0 Å². The number of aryl methyl sites for hydroxylation is 2. The summed E-state index contributed by atoms with van der Waals surface area (Å²) in [5, 5.41) is 0. The highest BCUT2D eigenvalue weighted by molar-refractivity contribution is 5.79. The van der Waals surface area contributed by atoms with Crippen molar-refractivity contribution >= 4 is 0 Å². The lowest BCUT2D eigenvalue weighted by atomic mass is 9.99. The normalized spacial score (nSPS) is 14.6. The van der Waals surface area contributed by atoms with Crippen molar-refractivity contribution in [2.75, 3.05) is 27.4 Å². The molecule has 0 aromatic heterocycles. The fourth-order valence-corrected chi connectivity index (χ4v) is 3.34. The number of hydrogen-bond acceptors (Lipinski definition) is 4. The van der Waals surface area contributed by atoms with Crippen molar-refractivity contribution in [1.29, 1.82) is 0 Å². The molecule has 0 saturated carbocycles. The number of methoxy groups -OCH3 is 2. The maximum absolute atomic E-state index is 6.15. The van der Waals surface area contributed by atoms with Gasteiger partial charge in [-0.05, 0) is 74.9 Å². The molecule has 4 heteroatoms. The van der Waals surface area contributed by atoms with Crippen molar-refractivity contribution < 1.29 is 18.9 Å². The van der Waals surface area contributed by atoms with Gasteiger partial charge in [-0.3, -0.25) is 0 Å². The van der Waals surface area contributed by atoms with E-state index in [1.165, 1.54) is 0 Å². The lowest BCUT2D eigenvalue weighted by Crippen LogP contribution is -2.05. The zero-order chi connectivity index (χ0) is 18.5. The van der Waals surface area contributed by atoms with Crippen LogP contribution in [-0.2, 0) is 0 Å². The van der Waals surface area contributed by atoms with E-state index in [1.807, 2.05) is 26.0 Å². The number of fused-ring (bicyclic) bond motifs is 3. The van der Waals surface area contributed by atoms with Crippen LogP contribution >= 0.6 is 0 Å². The third-order valence-electron chi connectivity index (χ3n) is 4.84. The molecular weight excluding hydrogens is 328 g/mol. The predicted octanol–water partition coefficient (Wildman–Crippen LogP) is 5.32. The van der Waals surface area contributed by atoms with Crippen molar-refractivity contribution in [3.05, 3.63) is 35.4 Å². The van der Waals surface area contributed by atoms with Crippen molar-refractivity contribution in [3.8, 4) is 34.1 Å². The first-order valence-corrected chi connectivity index (χ1v) is 9.27. The van der Waals surface area contributed by atoms with Crippen LogP contribution in [0.25, 0.3) is 11.1 Å². The summed E-state index contributed by atoms with van der Waals surface area (Å²) in [6.07, 6.45) is 4.41. The van der Waals surface area contributed by atoms with Gasteiger partial charge in [0, 0.05) is 11.1 Å². The summed E-state index contributed by atoms with van der Waals surface area (Å²) in [7, 11) is 3.39. The fourth-order valence-electron chi connectivity index (χ4n) is 3.34. The van der Waals surface area contributed by atoms with Crippen LogP contribution in [0, 0.1) is 13.8 Å². The summed E-state index contributed by atoms with van der Waals surface area (Å²) in [5.74, 6) is 3.40. The number of ether oxygens (including phenoxy) is 4. The Bertz CT molecular complexity index is 702. The molecule has 0 fully saturated rings. The van der Waals surface area contributed by atoms with E-state index in [9.17, 15) is 0 Å². The van der Waals surface area contributed by atoms with E-state index in [1.54, 1.807) is 14.2 Å². The largest absolute Gasteiger partial charge is 0.496 e. The topological polar surface area (TPSA) is 36.9 Å². The Kier molecular flexibility index (Phi) is 5.92. The molecule has 0 radical (unpaired) electrons. The van der Waals surface area contributed by atoms with Gasteiger partial charge in [-0.1, -0.05) is 0 Å². The van der Waals surface area contributed by atoms with E-state index >= 15 is 0 Å². The molecule has 140 valence electrons. The Morgan fingerprint density at radius 2 is 1.08 bits per heavy atom. The van der Waals surface area contributed by atoms with Crippen LogP contribution in [0.1, 0.15) is 36.8 Å². The molecule has 0 amide bonds. The van der Waals surface area contributed by atoms with Crippen LogP contribution in [-0.4, -0.2) is 27.4 Å².